The van der Waals surface area contributed by atoms with Crippen molar-refractivity contribution >= 4 is 11.8 Å². The minimum atomic E-state index is -0.495. The van der Waals surface area contributed by atoms with Crippen molar-refractivity contribution in [3.05, 3.63) is 66.0 Å². The molecule has 6 nitrogen and oxygen atoms in total. The molecule has 0 saturated heterocycles. The average Bonchev–Trinajstić information content (AvgIpc) is 3.26. The van der Waals surface area contributed by atoms with Gasteiger partial charge in [-0.2, -0.15) is 0 Å². The van der Waals surface area contributed by atoms with Crippen LogP contribution < -0.4 is 4.74 Å². The number of hydrogen-bond acceptors (Lipinski definition) is 6. The van der Waals surface area contributed by atoms with Crippen molar-refractivity contribution in [1.82, 2.24) is 0 Å². The highest BCUT2D eigenvalue weighted by atomic mass is 16.6. The van der Waals surface area contributed by atoms with Crippen LogP contribution in [-0.2, 0) is 20.7 Å². The topological polar surface area (TPSA) is 75.0 Å². The SMILES string of the molecule is CCc1ccc(OC2=COC3CC(OC(=O)c4ccco4)CCC3C2=O)cc1. The van der Waals surface area contributed by atoms with E-state index in [0.29, 0.717) is 25.0 Å². The summed E-state index contributed by atoms with van der Waals surface area (Å²) in [7, 11) is 0. The number of furan rings is 1. The van der Waals surface area contributed by atoms with Crippen LogP contribution >= 0.6 is 0 Å². The van der Waals surface area contributed by atoms with Crippen LogP contribution in [0.3, 0.4) is 0 Å². The van der Waals surface area contributed by atoms with Gasteiger partial charge in [0.05, 0.1) is 12.2 Å². The molecule has 0 N–H and O–H groups in total. The normalized spacial score (nSPS) is 24.0. The number of allylic oxidation sites excluding steroid dienone is 1. The van der Waals surface area contributed by atoms with E-state index in [1.165, 1.54) is 18.1 Å². The summed E-state index contributed by atoms with van der Waals surface area (Å²) < 4.78 is 22.1. The molecule has 1 fully saturated rings. The maximum atomic E-state index is 12.8. The monoisotopic (exact) mass is 382 g/mol. The van der Waals surface area contributed by atoms with Crippen LogP contribution in [-0.4, -0.2) is 24.0 Å². The lowest BCUT2D eigenvalue weighted by Crippen LogP contribution is -2.43. The summed E-state index contributed by atoms with van der Waals surface area (Å²) in [5, 5.41) is 0. The fourth-order valence-electron chi connectivity index (χ4n) is 3.64. The Morgan fingerprint density at radius 1 is 1.18 bits per heavy atom. The molecule has 3 unspecified atom stereocenters. The van der Waals surface area contributed by atoms with E-state index in [9.17, 15) is 9.59 Å². The molecule has 1 aromatic heterocycles. The summed E-state index contributed by atoms with van der Waals surface area (Å²) in [5.41, 5.74) is 1.20. The number of rotatable bonds is 5. The number of benzene rings is 1. The molecule has 1 aliphatic heterocycles. The maximum Gasteiger partial charge on any atom is 0.374 e. The summed E-state index contributed by atoms with van der Waals surface area (Å²) in [6.07, 6.45) is 4.79. The van der Waals surface area contributed by atoms with E-state index in [2.05, 4.69) is 6.92 Å². The molecule has 0 bridgehead atoms. The number of ketones is 1. The van der Waals surface area contributed by atoms with Crippen molar-refractivity contribution in [2.24, 2.45) is 5.92 Å². The van der Waals surface area contributed by atoms with E-state index in [0.717, 1.165) is 6.42 Å². The number of carbonyl (C=O) groups excluding carboxylic acids is 2. The summed E-state index contributed by atoms with van der Waals surface area (Å²) in [6.45, 7) is 2.08. The lowest BCUT2D eigenvalue weighted by Gasteiger charge is -2.36. The van der Waals surface area contributed by atoms with Crippen molar-refractivity contribution in [1.29, 1.82) is 0 Å². The highest BCUT2D eigenvalue weighted by Gasteiger charge is 2.42. The van der Waals surface area contributed by atoms with Gasteiger partial charge in [0.15, 0.2) is 0 Å². The average molecular weight is 382 g/mol. The van der Waals surface area contributed by atoms with Crippen LogP contribution in [0, 0.1) is 5.92 Å². The Bertz CT molecular complexity index is 865. The lowest BCUT2D eigenvalue weighted by atomic mass is 9.80. The van der Waals surface area contributed by atoms with Gasteiger partial charge in [-0.3, -0.25) is 4.79 Å². The Kier molecular flexibility index (Phi) is 5.19. The van der Waals surface area contributed by atoms with Gasteiger partial charge in [0.2, 0.25) is 17.3 Å². The smallest absolute Gasteiger partial charge is 0.374 e. The van der Waals surface area contributed by atoms with Crippen LogP contribution in [0.25, 0.3) is 0 Å². The summed E-state index contributed by atoms with van der Waals surface area (Å²) >= 11 is 0. The molecule has 1 aliphatic carbocycles. The van der Waals surface area contributed by atoms with Gasteiger partial charge >= 0.3 is 5.97 Å². The van der Waals surface area contributed by atoms with Crippen LogP contribution in [0.2, 0.25) is 0 Å². The molecule has 2 heterocycles. The molecule has 2 aromatic rings. The fraction of sp³-hybridized carbons (Fsp3) is 0.364. The second-order valence-corrected chi connectivity index (χ2v) is 7.04. The molecule has 1 saturated carbocycles. The number of hydrogen-bond donors (Lipinski definition) is 0. The Labute approximate surface area is 163 Å². The fourth-order valence-corrected chi connectivity index (χ4v) is 3.64. The molecule has 3 atom stereocenters. The van der Waals surface area contributed by atoms with Gasteiger partial charge in [-0.1, -0.05) is 19.1 Å². The molecule has 146 valence electrons. The van der Waals surface area contributed by atoms with Crippen molar-refractivity contribution in [3.8, 4) is 5.75 Å². The van der Waals surface area contributed by atoms with E-state index in [1.54, 1.807) is 12.1 Å². The zero-order valence-electron chi connectivity index (χ0n) is 15.6. The molecule has 28 heavy (non-hydrogen) atoms. The van der Waals surface area contributed by atoms with Gasteiger partial charge in [-0.05, 0) is 49.1 Å². The first-order chi connectivity index (χ1) is 13.6. The first kappa shape index (κ1) is 18.3. The Morgan fingerprint density at radius 2 is 2.00 bits per heavy atom. The molecule has 1 aromatic carbocycles. The Hall–Kier alpha value is -3.02. The Balaban J connectivity index is 1.37. The number of Topliss-reactive ketones (excluding diaryl/α,β-unsaturated/α-hetero) is 1. The molecule has 0 spiro atoms. The van der Waals surface area contributed by atoms with Crippen LogP contribution in [0.5, 0.6) is 5.75 Å². The second kappa shape index (κ2) is 7.92. The largest absolute Gasteiger partial charge is 0.493 e. The molecular weight excluding hydrogens is 360 g/mol. The van der Waals surface area contributed by atoms with Gasteiger partial charge in [0.25, 0.3) is 0 Å². The minimum absolute atomic E-state index is 0.0633. The van der Waals surface area contributed by atoms with Gasteiger partial charge in [0, 0.05) is 6.42 Å². The standard InChI is InChI=1S/C22H22O6/c1-2-14-5-7-15(8-6-14)27-20-13-26-19-12-16(9-10-17(19)21(20)23)28-22(24)18-4-3-11-25-18/h3-8,11,13,16-17,19H,2,9-10,12H2,1H3. The van der Waals surface area contributed by atoms with Gasteiger partial charge in [0.1, 0.15) is 24.2 Å². The van der Waals surface area contributed by atoms with Crippen molar-refractivity contribution < 1.29 is 28.2 Å². The quantitative estimate of drug-likeness (QED) is 0.726. The molecule has 0 radical (unpaired) electrons. The predicted octanol–water partition coefficient (Wildman–Crippen LogP) is 4.06. The molecular formula is C22H22O6. The van der Waals surface area contributed by atoms with Gasteiger partial charge < -0.3 is 18.6 Å². The van der Waals surface area contributed by atoms with E-state index in [1.807, 2.05) is 24.3 Å². The number of aryl methyl sites for hydroxylation is 1. The number of carbonyl (C=O) groups is 2. The number of fused-ring (bicyclic) bond motifs is 1. The molecule has 2 aliphatic rings. The minimum Gasteiger partial charge on any atom is -0.493 e. The summed E-state index contributed by atoms with van der Waals surface area (Å²) in [4.78, 5) is 24.9. The highest BCUT2D eigenvalue weighted by molar-refractivity contribution is 5.96. The molecule has 4 rings (SSSR count). The van der Waals surface area contributed by atoms with Crippen LogP contribution in [0.1, 0.15) is 42.3 Å². The van der Waals surface area contributed by atoms with Gasteiger partial charge in [-0.15, -0.1) is 0 Å². The van der Waals surface area contributed by atoms with E-state index in [4.69, 9.17) is 18.6 Å². The highest BCUT2D eigenvalue weighted by Crippen LogP contribution is 2.35. The van der Waals surface area contributed by atoms with Crippen LogP contribution in [0.4, 0.5) is 0 Å². The zero-order valence-corrected chi connectivity index (χ0v) is 15.6. The maximum absolute atomic E-state index is 12.8. The third kappa shape index (κ3) is 3.81. The van der Waals surface area contributed by atoms with Crippen LogP contribution in [0.15, 0.2) is 59.1 Å². The predicted molar refractivity (Wildman–Crippen MR) is 99.7 cm³/mol. The number of ether oxygens (including phenoxy) is 3. The van der Waals surface area contributed by atoms with Gasteiger partial charge in [-0.25, -0.2) is 4.79 Å². The third-order valence-electron chi connectivity index (χ3n) is 5.23. The first-order valence-electron chi connectivity index (χ1n) is 9.55. The first-order valence-corrected chi connectivity index (χ1v) is 9.55. The molecule has 6 heteroatoms. The van der Waals surface area contributed by atoms with Crippen molar-refractivity contribution in [3.63, 3.8) is 0 Å². The Morgan fingerprint density at radius 3 is 2.71 bits per heavy atom. The summed E-state index contributed by atoms with van der Waals surface area (Å²) in [6, 6.07) is 10.9. The van der Waals surface area contributed by atoms with Crippen molar-refractivity contribution in [2.75, 3.05) is 0 Å². The van der Waals surface area contributed by atoms with E-state index < -0.39 is 5.97 Å². The molecule has 0 amide bonds. The van der Waals surface area contributed by atoms with Crippen molar-refractivity contribution in [2.45, 2.75) is 44.8 Å². The summed E-state index contributed by atoms with van der Waals surface area (Å²) in [5.74, 6) is 0.162. The van der Waals surface area contributed by atoms with E-state index in [-0.39, 0.29) is 35.4 Å². The lowest BCUT2D eigenvalue weighted by molar-refractivity contribution is -0.132. The zero-order chi connectivity index (χ0) is 19.5. The third-order valence-corrected chi connectivity index (χ3v) is 5.23. The second-order valence-electron chi connectivity index (χ2n) is 7.04. The number of esters is 1. The van der Waals surface area contributed by atoms with E-state index >= 15 is 0 Å².